The van der Waals surface area contributed by atoms with Crippen molar-refractivity contribution >= 4 is 11.9 Å². The van der Waals surface area contributed by atoms with Gasteiger partial charge in [0.25, 0.3) is 0 Å². The number of nitrogens with zero attached hydrogens (tertiary/aromatic N) is 3. The highest BCUT2D eigenvalue weighted by molar-refractivity contribution is 5.69. The smallest absolute Gasteiger partial charge is 0.410 e. The van der Waals surface area contributed by atoms with Crippen molar-refractivity contribution in [1.82, 2.24) is 9.88 Å². The summed E-state index contributed by atoms with van der Waals surface area (Å²) >= 11 is 0. The predicted octanol–water partition coefficient (Wildman–Crippen LogP) is 1.13. The van der Waals surface area contributed by atoms with E-state index >= 15 is 0 Å². The number of hydrogen-bond acceptors (Lipinski definition) is 6. The molecular weight excluding hydrogens is 254 g/mol. The van der Waals surface area contributed by atoms with Gasteiger partial charge in [0.05, 0.1) is 13.1 Å². The maximum Gasteiger partial charge on any atom is 0.410 e. The Morgan fingerprint density at radius 3 is 3.00 bits per heavy atom. The molecule has 0 atom stereocenters. The quantitative estimate of drug-likeness (QED) is 0.586. The molecule has 1 amide bonds. The van der Waals surface area contributed by atoms with Gasteiger partial charge in [-0.05, 0) is 22.0 Å². The van der Waals surface area contributed by atoms with Crippen LogP contribution in [0.15, 0.2) is 12.1 Å². The molecule has 1 aromatic heterocycles. The van der Waals surface area contributed by atoms with Crippen LogP contribution in [0.25, 0.3) is 0 Å². The third-order valence-electron chi connectivity index (χ3n) is 2.62. The highest BCUT2D eigenvalue weighted by Gasteiger charge is 2.22. The van der Waals surface area contributed by atoms with E-state index in [-0.39, 0.29) is 24.3 Å². The second kappa shape index (κ2) is 5.51. The molecule has 1 aliphatic rings. The number of amides is 1. The Balaban J connectivity index is 1.95. The van der Waals surface area contributed by atoms with Gasteiger partial charge in [-0.3, -0.25) is 0 Å². The number of carbonyl (C=O) groups is 1. The van der Waals surface area contributed by atoms with Crippen molar-refractivity contribution in [2.45, 2.75) is 6.92 Å². The second-order valence-electron chi connectivity index (χ2n) is 3.98. The van der Waals surface area contributed by atoms with E-state index in [1.165, 1.54) is 11.0 Å². The van der Waals surface area contributed by atoms with Crippen molar-refractivity contribution in [2.24, 2.45) is 0 Å². The molecule has 0 aromatic carbocycles. The van der Waals surface area contributed by atoms with Gasteiger partial charge in [0, 0.05) is 6.92 Å². The van der Waals surface area contributed by atoms with E-state index in [0.717, 1.165) is 0 Å². The van der Waals surface area contributed by atoms with Gasteiger partial charge in [0.1, 0.15) is 18.9 Å². The van der Waals surface area contributed by atoms with Crippen LogP contribution >= 0.6 is 0 Å². The fourth-order valence-corrected chi connectivity index (χ4v) is 1.67. The molecule has 2 heterocycles. The van der Waals surface area contributed by atoms with Crippen molar-refractivity contribution in [3.63, 3.8) is 0 Å². The Kier molecular flexibility index (Phi) is 3.79. The van der Waals surface area contributed by atoms with Gasteiger partial charge >= 0.3 is 11.9 Å². The maximum absolute atomic E-state index is 11.2. The number of ether oxygens (including phenoxy) is 2. The average molecular weight is 267 g/mol. The van der Waals surface area contributed by atoms with Crippen LogP contribution in [-0.4, -0.2) is 47.2 Å². The zero-order chi connectivity index (χ0) is 13.8. The highest BCUT2D eigenvalue weighted by Crippen LogP contribution is 2.24. The van der Waals surface area contributed by atoms with E-state index in [4.69, 9.17) is 9.47 Å². The molecule has 102 valence electrons. The van der Waals surface area contributed by atoms with Gasteiger partial charge in [-0.15, -0.1) is 0 Å². The van der Waals surface area contributed by atoms with Crippen LogP contribution < -0.4 is 4.74 Å². The average Bonchev–Trinajstić information content (AvgIpc) is 2.77. The monoisotopic (exact) mass is 267 g/mol. The number of pyridine rings is 1. The van der Waals surface area contributed by atoms with Crippen molar-refractivity contribution < 1.29 is 19.2 Å². The van der Waals surface area contributed by atoms with E-state index in [2.05, 4.69) is 4.98 Å². The first-order valence-corrected chi connectivity index (χ1v) is 5.74. The van der Waals surface area contributed by atoms with E-state index in [9.17, 15) is 14.9 Å². The molecule has 8 heteroatoms. The van der Waals surface area contributed by atoms with Crippen LogP contribution in [0.4, 0.5) is 10.6 Å². The van der Waals surface area contributed by atoms with Crippen molar-refractivity contribution in [1.29, 1.82) is 0 Å². The second-order valence-corrected chi connectivity index (χ2v) is 3.98. The normalized spacial score (nSPS) is 14.4. The first-order chi connectivity index (χ1) is 9.08. The van der Waals surface area contributed by atoms with Crippen molar-refractivity contribution in [3.05, 3.63) is 27.9 Å². The molecule has 0 radical (unpaired) electrons. The summed E-state index contributed by atoms with van der Waals surface area (Å²) in [6, 6.07) is 3.13. The van der Waals surface area contributed by atoms with E-state index in [1.807, 2.05) is 0 Å². The fraction of sp³-hybridized carbons (Fsp3) is 0.455. The number of rotatable bonds is 5. The summed E-state index contributed by atoms with van der Waals surface area (Å²) in [6.07, 6.45) is -0.389. The summed E-state index contributed by atoms with van der Waals surface area (Å²) in [5.74, 6) is -0.216. The standard InChI is InChI=1S/C11H13N3O5/c1-8-2-3-9(10(12-8)14(16)17)18-6-4-13-5-7-19-11(13)15/h2-3H,4-7H2,1H3. The minimum Gasteiger partial charge on any atom is -0.484 e. The fourth-order valence-electron chi connectivity index (χ4n) is 1.67. The lowest BCUT2D eigenvalue weighted by Crippen LogP contribution is -2.29. The SMILES string of the molecule is Cc1ccc(OCCN2CCOC2=O)c([N+](=O)[O-])n1. The first kappa shape index (κ1) is 13.1. The van der Waals surface area contributed by atoms with E-state index in [1.54, 1.807) is 13.0 Å². The Labute approximate surface area is 109 Å². The predicted molar refractivity (Wildman–Crippen MR) is 64.0 cm³/mol. The van der Waals surface area contributed by atoms with Crippen molar-refractivity contribution in [2.75, 3.05) is 26.3 Å². The van der Waals surface area contributed by atoms with Crippen LogP contribution in [0.1, 0.15) is 5.69 Å². The summed E-state index contributed by atoms with van der Waals surface area (Å²) in [7, 11) is 0. The summed E-state index contributed by atoms with van der Waals surface area (Å²) in [4.78, 5) is 26.7. The molecular formula is C11H13N3O5. The summed E-state index contributed by atoms with van der Waals surface area (Å²) in [5, 5.41) is 10.8. The lowest BCUT2D eigenvalue weighted by molar-refractivity contribution is -0.390. The Hall–Kier alpha value is -2.38. The Morgan fingerprint density at radius 2 is 2.37 bits per heavy atom. The third-order valence-corrected chi connectivity index (χ3v) is 2.62. The molecule has 0 bridgehead atoms. The number of aryl methyl sites for hydroxylation is 1. The van der Waals surface area contributed by atoms with Gasteiger partial charge in [0.15, 0.2) is 0 Å². The molecule has 1 saturated heterocycles. The zero-order valence-electron chi connectivity index (χ0n) is 10.4. The Morgan fingerprint density at radius 1 is 1.58 bits per heavy atom. The highest BCUT2D eigenvalue weighted by atomic mass is 16.6. The topological polar surface area (TPSA) is 94.8 Å². The van der Waals surface area contributed by atoms with Crippen LogP contribution in [0, 0.1) is 17.0 Å². The Bertz CT molecular complexity index is 505. The number of cyclic esters (lactones) is 1. The molecule has 1 aliphatic heterocycles. The summed E-state index contributed by atoms with van der Waals surface area (Å²) in [5.41, 5.74) is 0.544. The largest absolute Gasteiger partial charge is 0.484 e. The van der Waals surface area contributed by atoms with E-state index < -0.39 is 4.92 Å². The molecule has 8 nitrogen and oxygen atoms in total. The number of nitro groups is 1. The number of carbonyl (C=O) groups excluding carboxylic acids is 1. The van der Waals surface area contributed by atoms with Gasteiger partial charge in [0.2, 0.25) is 5.75 Å². The van der Waals surface area contributed by atoms with Gasteiger partial charge in [-0.25, -0.2) is 4.79 Å². The molecule has 1 fully saturated rings. The minimum absolute atomic E-state index is 0.100. The molecule has 19 heavy (non-hydrogen) atoms. The molecule has 0 N–H and O–H groups in total. The molecule has 2 rings (SSSR count). The molecule has 0 saturated carbocycles. The lowest BCUT2D eigenvalue weighted by Gasteiger charge is -2.12. The van der Waals surface area contributed by atoms with Crippen LogP contribution in [0.2, 0.25) is 0 Å². The number of hydrogen-bond donors (Lipinski definition) is 0. The van der Waals surface area contributed by atoms with Gasteiger partial charge in [-0.1, -0.05) is 0 Å². The van der Waals surface area contributed by atoms with Crippen LogP contribution in [-0.2, 0) is 4.74 Å². The maximum atomic E-state index is 11.2. The van der Waals surface area contributed by atoms with Crippen LogP contribution in [0.3, 0.4) is 0 Å². The summed E-state index contributed by atoms with van der Waals surface area (Å²) < 4.78 is 10.1. The molecule has 0 unspecified atom stereocenters. The zero-order valence-corrected chi connectivity index (χ0v) is 10.4. The third kappa shape index (κ3) is 3.09. The minimum atomic E-state index is -0.591. The van der Waals surface area contributed by atoms with Gasteiger partial charge in [-0.2, -0.15) is 0 Å². The first-order valence-electron chi connectivity index (χ1n) is 5.74. The summed E-state index contributed by atoms with van der Waals surface area (Å²) in [6.45, 7) is 3.02. The lowest BCUT2D eigenvalue weighted by atomic mass is 10.3. The molecule has 0 aliphatic carbocycles. The number of aromatic nitrogens is 1. The van der Waals surface area contributed by atoms with Gasteiger partial charge < -0.3 is 24.5 Å². The van der Waals surface area contributed by atoms with E-state index in [0.29, 0.717) is 25.4 Å². The molecule has 0 spiro atoms. The van der Waals surface area contributed by atoms with Crippen molar-refractivity contribution in [3.8, 4) is 5.75 Å². The van der Waals surface area contributed by atoms with Crippen LogP contribution in [0.5, 0.6) is 5.75 Å². The molecule has 1 aromatic rings.